The second-order valence-electron chi connectivity index (χ2n) is 2.23. The van der Waals surface area contributed by atoms with Crippen LogP contribution in [0.15, 0.2) is 23.1 Å². The first-order chi connectivity index (χ1) is 5.41. The van der Waals surface area contributed by atoms with Crippen LogP contribution in [0.4, 0.5) is 11.4 Å². The molecule has 0 spiro atoms. The summed E-state index contributed by atoms with van der Waals surface area (Å²) in [7, 11) is 1.35. The van der Waals surface area contributed by atoms with Gasteiger partial charge in [0.1, 0.15) is 0 Å². The number of benzene rings is 1. The first kappa shape index (κ1) is 9.15. The van der Waals surface area contributed by atoms with Crippen molar-refractivity contribution in [3.63, 3.8) is 0 Å². The fourth-order valence-corrected chi connectivity index (χ4v) is 1.49. The van der Waals surface area contributed by atoms with E-state index >= 15 is 0 Å². The molecule has 0 aromatic heterocycles. The fraction of sp³-hybridized carbons (Fsp3) is 0. The smallest absolute Gasteiger partial charge is 0.261 e. The normalized spacial score (nSPS) is 11.4. The van der Waals surface area contributed by atoms with Gasteiger partial charge in [-0.1, -0.05) is 0 Å². The summed E-state index contributed by atoms with van der Waals surface area (Å²) in [5.74, 6) is 0. The van der Waals surface area contributed by atoms with E-state index in [1.807, 2.05) is 0 Å². The molecule has 4 nitrogen and oxygen atoms in total. The van der Waals surface area contributed by atoms with Crippen LogP contribution in [0, 0.1) is 0 Å². The van der Waals surface area contributed by atoms with Gasteiger partial charge < -0.3 is 11.5 Å². The Balaban J connectivity index is 3.33. The molecule has 1 aromatic carbocycles. The minimum atomic E-state index is -3.71. The molecule has 0 heterocycles. The molecule has 12 heavy (non-hydrogen) atoms. The Morgan fingerprint density at radius 2 is 1.75 bits per heavy atom. The highest BCUT2D eigenvalue weighted by Gasteiger charge is 2.10. The Kier molecular flexibility index (Phi) is 2.16. The van der Waals surface area contributed by atoms with Crippen molar-refractivity contribution in [2.75, 3.05) is 11.5 Å². The molecule has 66 valence electrons. The van der Waals surface area contributed by atoms with E-state index in [-0.39, 0.29) is 10.6 Å². The molecule has 0 fully saturated rings. The lowest BCUT2D eigenvalue weighted by Gasteiger charge is -2.00. The van der Waals surface area contributed by atoms with Crippen LogP contribution in [0.25, 0.3) is 0 Å². The third kappa shape index (κ3) is 1.80. The number of hydrogen-bond donors (Lipinski definition) is 2. The van der Waals surface area contributed by atoms with Crippen molar-refractivity contribution in [3.8, 4) is 0 Å². The van der Waals surface area contributed by atoms with Gasteiger partial charge >= 0.3 is 0 Å². The van der Waals surface area contributed by atoms with Crippen molar-refractivity contribution in [2.45, 2.75) is 4.90 Å². The van der Waals surface area contributed by atoms with Gasteiger partial charge in [0.2, 0.25) is 0 Å². The number of hydrogen-bond acceptors (Lipinski definition) is 4. The van der Waals surface area contributed by atoms with Crippen LogP contribution in [0.5, 0.6) is 0 Å². The van der Waals surface area contributed by atoms with Crippen LogP contribution in [0.1, 0.15) is 0 Å². The third-order valence-corrected chi connectivity index (χ3v) is 2.69. The first-order valence-electron chi connectivity index (χ1n) is 3.01. The summed E-state index contributed by atoms with van der Waals surface area (Å²) in [6.45, 7) is 0. The van der Waals surface area contributed by atoms with E-state index in [1.54, 1.807) is 0 Å². The topological polar surface area (TPSA) is 86.2 Å². The fourth-order valence-electron chi connectivity index (χ4n) is 0.705. The second kappa shape index (κ2) is 2.84. The van der Waals surface area contributed by atoms with E-state index in [2.05, 4.69) is 0 Å². The van der Waals surface area contributed by atoms with Gasteiger partial charge in [-0.2, -0.15) is 0 Å². The largest absolute Gasteiger partial charge is 0.397 e. The maximum Gasteiger partial charge on any atom is 0.261 e. The number of nitrogens with two attached hydrogens (primary N) is 2. The standard InChI is InChI=1S/C6H7ClN2O2S/c7-12(10,11)4-1-2-5(8)6(9)3-4/h1-3H,8-9H2. The lowest BCUT2D eigenvalue weighted by atomic mass is 10.3. The third-order valence-electron chi connectivity index (χ3n) is 1.34. The number of nitrogen functional groups attached to an aromatic ring is 2. The van der Waals surface area contributed by atoms with Crippen molar-refractivity contribution < 1.29 is 8.42 Å². The van der Waals surface area contributed by atoms with E-state index in [4.69, 9.17) is 22.1 Å². The highest BCUT2D eigenvalue weighted by molar-refractivity contribution is 8.13. The van der Waals surface area contributed by atoms with Gasteiger partial charge in [0.05, 0.1) is 16.3 Å². The molecule has 0 atom stereocenters. The van der Waals surface area contributed by atoms with Gasteiger partial charge in [0.15, 0.2) is 0 Å². The lowest BCUT2D eigenvalue weighted by molar-refractivity contribution is 0.609. The first-order valence-corrected chi connectivity index (χ1v) is 5.32. The Labute approximate surface area is 74.5 Å². The van der Waals surface area contributed by atoms with Crippen LogP contribution in [-0.4, -0.2) is 8.42 Å². The molecule has 4 N–H and O–H groups in total. The van der Waals surface area contributed by atoms with E-state index in [0.29, 0.717) is 5.69 Å². The summed E-state index contributed by atoms with van der Waals surface area (Å²) < 4.78 is 21.5. The number of halogens is 1. The number of rotatable bonds is 1. The molecule has 0 unspecified atom stereocenters. The van der Waals surface area contributed by atoms with Crippen LogP contribution < -0.4 is 11.5 Å². The highest BCUT2D eigenvalue weighted by atomic mass is 35.7. The van der Waals surface area contributed by atoms with Crippen molar-refractivity contribution in [1.29, 1.82) is 0 Å². The summed E-state index contributed by atoms with van der Waals surface area (Å²) >= 11 is 0. The number of anilines is 2. The molecular formula is C6H7ClN2O2S. The van der Waals surface area contributed by atoms with Gasteiger partial charge in [-0.05, 0) is 18.2 Å². The second-order valence-corrected chi connectivity index (χ2v) is 4.79. The highest BCUT2D eigenvalue weighted by Crippen LogP contribution is 2.21. The van der Waals surface area contributed by atoms with Gasteiger partial charge in [-0.25, -0.2) is 8.42 Å². The van der Waals surface area contributed by atoms with Crippen LogP contribution in [-0.2, 0) is 9.05 Å². The predicted molar refractivity (Wildman–Crippen MR) is 48.3 cm³/mol. The van der Waals surface area contributed by atoms with Gasteiger partial charge in [0.25, 0.3) is 9.05 Å². The maximum atomic E-state index is 10.8. The minimum absolute atomic E-state index is 0.0455. The van der Waals surface area contributed by atoms with Crippen molar-refractivity contribution in [2.24, 2.45) is 0 Å². The molecule has 0 aliphatic carbocycles. The zero-order chi connectivity index (χ0) is 9.35. The van der Waals surface area contributed by atoms with E-state index in [9.17, 15) is 8.42 Å². The average Bonchev–Trinajstić information content (AvgIpc) is 1.92. The van der Waals surface area contributed by atoms with Gasteiger partial charge in [-0.15, -0.1) is 0 Å². The van der Waals surface area contributed by atoms with Gasteiger partial charge in [-0.3, -0.25) is 0 Å². The monoisotopic (exact) mass is 206 g/mol. The Morgan fingerprint density at radius 3 is 2.17 bits per heavy atom. The molecule has 0 bridgehead atoms. The SMILES string of the molecule is Nc1ccc(S(=O)(=O)Cl)cc1N. The molecule has 0 radical (unpaired) electrons. The van der Waals surface area contributed by atoms with Crippen molar-refractivity contribution in [3.05, 3.63) is 18.2 Å². The van der Waals surface area contributed by atoms with Crippen molar-refractivity contribution >= 4 is 31.1 Å². The Bertz CT molecular complexity index is 402. The minimum Gasteiger partial charge on any atom is -0.397 e. The molecule has 0 aliphatic rings. The molecule has 0 amide bonds. The van der Waals surface area contributed by atoms with Crippen LogP contribution >= 0.6 is 10.7 Å². The summed E-state index contributed by atoms with van der Waals surface area (Å²) in [4.78, 5) is -0.0455. The zero-order valence-electron chi connectivity index (χ0n) is 5.99. The summed E-state index contributed by atoms with van der Waals surface area (Å²) in [5, 5.41) is 0. The van der Waals surface area contributed by atoms with Crippen molar-refractivity contribution in [1.82, 2.24) is 0 Å². The van der Waals surface area contributed by atoms with Crippen LogP contribution in [0.3, 0.4) is 0 Å². The summed E-state index contributed by atoms with van der Waals surface area (Å²) in [5.41, 5.74) is 11.3. The molecule has 0 saturated heterocycles. The maximum absolute atomic E-state index is 10.8. The molecule has 1 aromatic rings. The summed E-state index contributed by atoms with van der Waals surface area (Å²) in [6, 6.07) is 3.91. The molecule has 6 heteroatoms. The van der Waals surface area contributed by atoms with Gasteiger partial charge in [0, 0.05) is 10.7 Å². The average molecular weight is 207 g/mol. The van der Waals surface area contributed by atoms with E-state index in [0.717, 1.165) is 0 Å². The zero-order valence-corrected chi connectivity index (χ0v) is 7.56. The van der Waals surface area contributed by atoms with E-state index < -0.39 is 9.05 Å². The summed E-state index contributed by atoms with van der Waals surface area (Å²) in [6.07, 6.45) is 0. The Morgan fingerprint density at radius 1 is 1.17 bits per heavy atom. The lowest BCUT2D eigenvalue weighted by Crippen LogP contribution is -1.97. The van der Waals surface area contributed by atoms with E-state index in [1.165, 1.54) is 18.2 Å². The molecular weight excluding hydrogens is 200 g/mol. The molecule has 0 aliphatic heterocycles. The quantitative estimate of drug-likeness (QED) is 0.525. The molecule has 0 saturated carbocycles. The predicted octanol–water partition coefficient (Wildman–Crippen LogP) is 0.779. The Hall–Kier alpha value is -0.940. The molecule has 1 rings (SSSR count). The van der Waals surface area contributed by atoms with Crippen LogP contribution in [0.2, 0.25) is 0 Å².